The molecule has 0 atom stereocenters. The molecular formula is C18H16FN3O3. The molecule has 0 fully saturated rings. The molecule has 0 amide bonds. The summed E-state index contributed by atoms with van der Waals surface area (Å²) in [7, 11) is 0. The third-order valence-corrected chi connectivity index (χ3v) is 3.12. The molecule has 2 aromatic carbocycles. The molecule has 0 spiro atoms. The van der Waals surface area contributed by atoms with Crippen molar-refractivity contribution in [3.8, 4) is 17.6 Å². The molecule has 0 aliphatic carbocycles. The van der Waals surface area contributed by atoms with Crippen molar-refractivity contribution in [2.75, 3.05) is 0 Å². The van der Waals surface area contributed by atoms with Crippen LogP contribution in [0.5, 0.6) is 5.75 Å². The number of carbonyl (C=O) groups is 1. The summed E-state index contributed by atoms with van der Waals surface area (Å²) in [6, 6.07) is 12.8. The number of rotatable bonds is 5. The Bertz CT molecular complexity index is 835. The molecule has 25 heavy (non-hydrogen) atoms. The summed E-state index contributed by atoms with van der Waals surface area (Å²) in [5.74, 6) is 9.61. The Hall–Kier alpha value is -3.50. The van der Waals surface area contributed by atoms with E-state index in [1.54, 1.807) is 36.4 Å². The zero-order chi connectivity index (χ0) is 18.2. The van der Waals surface area contributed by atoms with Crippen molar-refractivity contribution in [2.45, 2.75) is 6.42 Å². The van der Waals surface area contributed by atoms with Crippen LogP contribution in [-0.4, -0.2) is 11.1 Å². The molecular weight excluding hydrogens is 325 g/mol. The van der Waals surface area contributed by atoms with Crippen molar-refractivity contribution in [1.29, 1.82) is 0 Å². The second-order valence-electron chi connectivity index (χ2n) is 4.92. The molecule has 7 heteroatoms. The topological polar surface area (TPSA) is 111 Å². The van der Waals surface area contributed by atoms with E-state index in [1.165, 1.54) is 12.1 Å². The van der Waals surface area contributed by atoms with Gasteiger partial charge in [0.1, 0.15) is 11.6 Å². The molecule has 2 aromatic rings. The van der Waals surface area contributed by atoms with Gasteiger partial charge in [-0.2, -0.15) is 0 Å². The first-order chi connectivity index (χ1) is 12.0. The summed E-state index contributed by atoms with van der Waals surface area (Å²) in [4.78, 5) is 10.8. The maximum atomic E-state index is 12.8. The van der Waals surface area contributed by atoms with Gasteiger partial charge in [0.05, 0.1) is 0 Å². The smallest absolute Gasteiger partial charge is 0.357 e. The van der Waals surface area contributed by atoms with E-state index in [2.05, 4.69) is 17.3 Å². The van der Waals surface area contributed by atoms with E-state index < -0.39 is 11.7 Å². The summed E-state index contributed by atoms with van der Waals surface area (Å²) in [5, 5.41) is 8.81. The highest BCUT2D eigenvalue weighted by atomic mass is 19.1. The van der Waals surface area contributed by atoms with Crippen LogP contribution < -0.4 is 21.7 Å². The van der Waals surface area contributed by atoms with Crippen LogP contribution in [0.2, 0.25) is 0 Å². The second kappa shape index (κ2) is 8.38. The minimum Gasteiger partial charge on any atom is -0.476 e. The highest BCUT2D eigenvalue weighted by molar-refractivity contribution is 5.85. The summed E-state index contributed by atoms with van der Waals surface area (Å²) in [5.41, 5.74) is 8.57. The number of aliphatic carboxylic acids is 1. The number of benzene rings is 2. The van der Waals surface area contributed by atoms with Crippen LogP contribution in [0.25, 0.3) is 0 Å². The number of halogens is 1. The average molecular weight is 341 g/mol. The lowest BCUT2D eigenvalue weighted by atomic mass is 10.1. The number of carboxylic acid groups (broad SMARTS) is 1. The second-order valence-corrected chi connectivity index (χ2v) is 4.92. The monoisotopic (exact) mass is 341 g/mol. The van der Waals surface area contributed by atoms with Crippen molar-refractivity contribution in [1.82, 2.24) is 5.43 Å². The molecule has 0 saturated heterocycles. The van der Waals surface area contributed by atoms with Crippen LogP contribution in [0.3, 0.4) is 0 Å². The highest BCUT2D eigenvalue weighted by Crippen LogP contribution is 2.14. The average Bonchev–Trinajstić information content (AvgIpc) is 2.62. The Morgan fingerprint density at radius 3 is 2.36 bits per heavy atom. The molecule has 0 aliphatic rings. The summed E-state index contributed by atoms with van der Waals surface area (Å²) >= 11 is 0. The van der Waals surface area contributed by atoms with Crippen LogP contribution in [0.1, 0.15) is 11.1 Å². The van der Waals surface area contributed by atoms with Crippen molar-refractivity contribution in [2.24, 2.45) is 11.6 Å². The largest absolute Gasteiger partial charge is 0.476 e. The van der Waals surface area contributed by atoms with Gasteiger partial charge in [-0.3, -0.25) is 5.43 Å². The van der Waals surface area contributed by atoms with Crippen molar-refractivity contribution < 1.29 is 19.0 Å². The van der Waals surface area contributed by atoms with E-state index in [0.29, 0.717) is 12.2 Å². The Kier molecular flexibility index (Phi) is 5.98. The van der Waals surface area contributed by atoms with E-state index in [9.17, 15) is 9.18 Å². The number of nitrogens with one attached hydrogen (secondary N) is 1. The Morgan fingerprint density at radius 1 is 1.16 bits per heavy atom. The summed E-state index contributed by atoms with van der Waals surface area (Å²) in [6.45, 7) is 0. The number of carboxylic acids is 1. The van der Waals surface area contributed by atoms with Gasteiger partial charge in [-0.05, 0) is 42.0 Å². The third kappa shape index (κ3) is 5.27. The molecule has 0 unspecified atom stereocenters. The lowest BCUT2D eigenvalue weighted by molar-refractivity contribution is -0.132. The van der Waals surface area contributed by atoms with Gasteiger partial charge >= 0.3 is 5.97 Å². The number of hydrogen-bond donors (Lipinski definition) is 4. The molecule has 6 N–H and O–H groups in total. The molecule has 0 saturated carbocycles. The van der Waals surface area contributed by atoms with E-state index in [4.69, 9.17) is 21.4 Å². The standard InChI is InChI=1S/C18H16FN3O3/c19-14-8-4-12(5-9-14)2-1-3-13-6-10-15(11-7-13)25-17(22-21)16(20)18(23)24/h4-11,22H,2,20-21H2,(H,23,24)/b17-16+. The summed E-state index contributed by atoms with van der Waals surface area (Å²) < 4.78 is 18.1. The van der Waals surface area contributed by atoms with Crippen LogP contribution in [-0.2, 0) is 11.2 Å². The molecule has 6 nitrogen and oxygen atoms in total. The van der Waals surface area contributed by atoms with Crippen molar-refractivity contribution in [3.63, 3.8) is 0 Å². The predicted molar refractivity (Wildman–Crippen MR) is 90.2 cm³/mol. The molecule has 128 valence electrons. The number of hydrogen-bond acceptors (Lipinski definition) is 5. The van der Waals surface area contributed by atoms with Crippen molar-refractivity contribution >= 4 is 5.97 Å². The molecule has 0 bridgehead atoms. The molecule has 0 heterocycles. The van der Waals surface area contributed by atoms with Crippen LogP contribution in [0, 0.1) is 17.7 Å². The SMILES string of the molecule is NN/C(Oc1ccc(C#CCc2ccc(F)cc2)cc1)=C(\N)C(=O)O. The van der Waals surface area contributed by atoms with Gasteiger partial charge in [-0.15, -0.1) is 0 Å². The maximum absolute atomic E-state index is 12.8. The maximum Gasteiger partial charge on any atom is 0.357 e. The first kappa shape index (κ1) is 17.8. The fourth-order valence-corrected chi connectivity index (χ4v) is 1.83. The van der Waals surface area contributed by atoms with E-state index >= 15 is 0 Å². The first-order valence-electron chi connectivity index (χ1n) is 7.20. The van der Waals surface area contributed by atoms with Gasteiger partial charge in [-0.25, -0.2) is 15.0 Å². The molecule has 0 radical (unpaired) electrons. The van der Waals surface area contributed by atoms with Gasteiger partial charge in [0.2, 0.25) is 5.88 Å². The van der Waals surface area contributed by atoms with Crippen LogP contribution >= 0.6 is 0 Å². The van der Waals surface area contributed by atoms with Gasteiger partial charge in [0.15, 0.2) is 5.70 Å². The normalized spacial score (nSPS) is 11.0. The van der Waals surface area contributed by atoms with Gasteiger partial charge in [-0.1, -0.05) is 24.0 Å². The van der Waals surface area contributed by atoms with Gasteiger partial charge in [0, 0.05) is 12.0 Å². The molecule has 2 rings (SSSR count). The van der Waals surface area contributed by atoms with Gasteiger partial charge < -0.3 is 15.6 Å². The first-order valence-corrected chi connectivity index (χ1v) is 7.20. The lowest BCUT2D eigenvalue weighted by Crippen LogP contribution is -2.31. The van der Waals surface area contributed by atoms with Crippen molar-refractivity contribution in [3.05, 3.63) is 77.1 Å². The minimum atomic E-state index is -1.35. The van der Waals surface area contributed by atoms with E-state index in [-0.39, 0.29) is 11.7 Å². The molecule has 0 aliphatic heterocycles. The molecule has 0 aromatic heterocycles. The Balaban J connectivity index is 2.03. The van der Waals surface area contributed by atoms with Gasteiger partial charge in [0.25, 0.3) is 0 Å². The zero-order valence-corrected chi connectivity index (χ0v) is 13.1. The Morgan fingerprint density at radius 2 is 1.80 bits per heavy atom. The number of nitrogens with two attached hydrogens (primary N) is 2. The number of ether oxygens (including phenoxy) is 1. The fourth-order valence-electron chi connectivity index (χ4n) is 1.83. The lowest BCUT2D eigenvalue weighted by Gasteiger charge is -2.10. The predicted octanol–water partition coefficient (Wildman–Crippen LogP) is 1.47. The van der Waals surface area contributed by atoms with Crippen LogP contribution in [0.4, 0.5) is 4.39 Å². The zero-order valence-electron chi connectivity index (χ0n) is 13.1. The van der Waals surface area contributed by atoms with Crippen LogP contribution in [0.15, 0.2) is 60.1 Å². The fraction of sp³-hybridized carbons (Fsp3) is 0.0556. The van der Waals surface area contributed by atoms with E-state index in [1.807, 2.05) is 0 Å². The number of hydrazine groups is 1. The Labute approximate surface area is 143 Å². The third-order valence-electron chi connectivity index (χ3n) is 3.12. The van der Waals surface area contributed by atoms with E-state index in [0.717, 1.165) is 11.1 Å². The summed E-state index contributed by atoms with van der Waals surface area (Å²) in [6.07, 6.45) is 0.498. The minimum absolute atomic E-state index is 0.261. The highest BCUT2D eigenvalue weighted by Gasteiger charge is 2.11. The quantitative estimate of drug-likeness (QED) is 0.216.